The number of rotatable bonds is 4. The smallest absolute Gasteiger partial charge is 0.268 e. The molecule has 2 aromatic heterocycles. The zero-order chi connectivity index (χ0) is 14.0. The van der Waals surface area contributed by atoms with E-state index in [9.17, 15) is 4.79 Å². The molecule has 0 unspecified atom stereocenters. The fourth-order valence-corrected chi connectivity index (χ4v) is 2.59. The zero-order valence-corrected chi connectivity index (χ0v) is 12.1. The molecule has 0 aliphatic heterocycles. The van der Waals surface area contributed by atoms with Crippen LogP contribution in [0.5, 0.6) is 0 Å². The molecular formula is C13H18N4OS. The summed E-state index contributed by atoms with van der Waals surface area (Å²) in [6.45, 7) is 6.47. The number of nitrogens with two attached hydrogens (primary N) is 1. The van der Waals surface area contributed by atoms with Crippen LogP contribution in [0.25, 0.3) is 0 Å². The fourth-order valence-electron chi connectivity index (χ4n) is 1.85. The third kappa shape index (κ3) is 3.14. The lowest BCUT2D eigenvalue weighted by atomic mass is 10.3. The van der Waals surface area contributed by atoms with Crippen LogP contribution in [0.1, 0.15) is 40.3 Å². The third-order valence-corrected chi connectivity index (χ3v) is 3.66. The van der Waals surface area contributed by atoms with Gasteiger partial charge < -0.3 is 15.6 Å². The topological polar surface area (TPSA) is 72.9 Å². The van der Waals surface area contributed by atoms with Gasteiger partial charge in [0.05, 0.1) is 17.2 Å². The van der Waals surface area contributed by atoms with Gasteiger partial charge in [0.2, 0.25) is 0 Å². The average molecular weight is 278 g/mol. The van der Waals surface area contributed by atoms with Crippen molar-refractivity contribution in [2.24, 2.45) is 0 Å². The van der Waals surface area contributed by atoms with Gasteiger partial charge in [-0.25, -0.2) is 4.98 Å². The van der Waals surface area contributed by atoms with Crippen molar-refractivity contribution < 1.29 is 4.79 Å². The van der Waals surface area contributed by atoms with E-state index in [1.165, 1.54) is 0 Å². The molecule has 102 valence electrons. The molecule has 2 rings (SSSR count). The molecule has 0 atom stereocenters. The molecule has 0 bridgehead atoms. The molecule has 0 aliphatic carbocycles. The second-order valence-corrected chi connectivity index (χ2v) is 6.01. The molecule has 19 heavy (non-hydrogen) atoms. The van der Waals surface area contributed by atoms with E-state index in [1.807, 2.05) is 25.3 Å². The van der Waals surface area contributed by atoms with Crippen molar-refractivity contribution in [2.45, 2.75) is 33.4 Å². The minimum absolute atomic E-state index is 0.114. The number of amides is 1. The standard InChI is InChI=1S/C13H18N4OS/c1-8(2)17-7-10(14)4-12(17)13(18)16-6-11-5-15-9(3)19-11/h4-5,7-8H,6,14H2,1-3H3,(H,16,18). The Morgan fingerprint density at radius 1 is 1.58 bits per heavy atom. The molecule has 6 heteroatoms. The molecule has 0 radical (unpaired) electrons. The van der Waals surface area contributed by atoms with Gasteiger partial charge >= 0.3 is 0 Å². The molecule has 2 aromatic rings. The number of nitrogens with one attached hydrogen (secondary N) is 1. The summed E-state index contributed by atoms with van der Waals surface area (Å²) >= 11 is 1.58. The maximum Gasteiger partial charge on any atom is 0.268 e. The van der Waals surface area contributed by atoms with E-state index in [2.05, 4.69) is 10.3 Å². The van der Waals surface area contributed by atoms with E-state index in [-0.39, 0.29) is 11.9 Å². The van der Waals surface area contributed by atoms with Gasteiger partial charge in [0.25, 0.3) is 5.91 Å². The van der Waals surface area contributed by atoms with Crippen molar-refractivity contribution in [3.8, 4) is 0 Å². The van der Waals surface area contributed by atoms with Gasteiger partial charge in [-0.15, -0.1) is 11.3 Å². The Bertz CT molecular complexity index is 585. The first-order valence-electron chi connectivity index (χ1n) is 6.14. The Morgan fingerprint density at radius 3 is 2.89 bits per heavy atom. The van der Waals surface area contributed by atoms with E-state index in [0.29, 0.717) is 17.9 Å². The minimum atomic E-state index is -0.114. The Hall–Kier alpha value is -1.82. The summed E-state index contributed by atoms with van der Waals surface area (Å²) in [5, 5.41) is 3.89. The predicted octanol–water partition coefficient (Wildman–Crippen LogP) is 2.35. The Labute approximate surface area is 116 Å². The van der Waals surface area contributed by atoms with E-state index < -0.39 is 0 Å². The van der Waals surface area contributed by atoms with Crippen molar-refractivity contribution in [2.75, 3.05) is 5.73 Å². The van der Waals surface area contributed by atoms with Crippen molar-refractivity contribution in [3.05, 3.63) is 34.0 Å². The summed E-state index contributed by atoms with van der Waals surface area (Å²) < 4.78 is 1.88. The van der Waals surface area contributed by atoms with Gasteiger partial charge in [-0.05, 0) is 26.8 Å². The quantitative estimate of drug-likeness (QED) is 0.901. The molecule has 0 saturated heterocycles. The second-order valence-electron chi connectivity index (χ2n) is 4.69. The number of aromatic nitrogens is 2. The number of hydrogen-bond donors (Lipinski definition) is 2. The van der Waals surface area contributed by atoms with Gasteiger partial charge in [-0.1, -0.05) is 0 Å². The van der Waals surface area contributed by atoms with Crippen molar-refractivity contribution >= 4 is 22.9 Å². The van der Waals surface area contributed by atoms with Crippen LogP contribution in [0, 0.1) is 6.92 Å². The first kappa shape index (κ1) is 13.6. The maximum absolute atomic E-state index is 12.2. The Balaban J connectivity index is 2.07. The van der Waals surface area contributed by atoms with Crippen LogP contribution in [0.2, 0.25) is 0 Å². The highest BCUT2D eigenvalue weighted by Gasteiger charge is 2.14. The van der Waals surface area contributed by atoms with Gasteiger partial charge in [0, 0.05) is 23.3 Å². The summed E-state index contributed by atoms with van der Waals surface area (Å²) in [7, 11) is 0. The second kappa shape index (κ2) is 5.44. The third-order valence-electron chi connectivity index (χ3n) is 2.75. The highest BCUT2D eigenvalue weighted by atomic mass is 32.1. The van der Waals surface area contributed by atoms with Crippen LogP contribution in [-0.2, 0) is 6.54 Å². The van der Waals surface area contributed by atoms with Crippen molar-refractivity contribution in [1.82, 2.24) is 14.9 Å². The monoisotopic (exact) mass is 278 g/mol. The number of hydrogen-bond acceptors (Lipinski definition) is 4. The van der Waals surface area contributed by atoms with Crippen LogP contribution < -0.4 is 11.1 Å². The lowest BCUT2D eigenvalue weighted by Gasteiger charge is -2.12. The highest BCUT2D eigenvalue weighted by molar-refractivity contribution is 7.11. The molecule has 0 aliphatic rings. The highest BCUT2D eigenvalue weighted by Crippen LogP contribution is 2.17. The number of carbonyl (C=O) groups excluding carboxylic acids is 1. The van der Waals surface area contributed by atoms with Gasteiger partial charge in [-0.2, -0.15) is 0 Å². The summed E-state index contributed by atoms with van der Waals surface area (Å²) in [4.78, 5) is 17.4. The number of nitrogens with zero attached hydrogens (tertiary/aromatic N) is 2. The molecule has 3 N–H and O–H groups in total. The zero-order valence-electron chi connectivity index (χ0n) is 11.3. The van der Waals surface area contributed by atoms with Crippen LogP contribution in [0.3, 0.4) is 0 Å². The summed E-state index contributed by atoms with van der Waals surface area (Å²) in [6, 6.07) is 1.90. The van der Waals surface area contributed by atoms with E-state index >= 15 is 0 Å². The van der Waals surface area contributed by atoms with Crippen molar-refractivity contribution in [1.29, 1.82) is 0 Å². The molecule has 0 saturated carbocycles. The Morgan fingerprint density at radius 2 is 2.32 bits per heavy atom. The average Bonchev–Trinajstić information content (AvgIpc) is 2.92. The number of anilines is 1. The van der Waals surface area contributed by atoms with Gasteiger partial charge in [0.1, 0.15) is 5.69 Å². The lowest BCUT2D eigenvalue weighted by molar-refractivity contribution is 0.0940. The minimum Gasteiger partial charge on any atom is -0.397 e. The lowest BCUT2D eigenvalue weighted by Crippen LogP contribution is -2.25. The summed E-state index contributed by atoms with van der Waals surface area (Å²) in [5.41, 5.74) is 6.95. The normalized spacial score (nSPS) is 10.9. The van der Waals surface area contributed by atoms with Crippen LogP contribution in [0.15, 0.2) is 18.5 Å². The first-order valence-corrected chi connectivity index (χ1v) is 6.96. The number of thiazole rings is 1. The Kier molecular flexibility index (Phi) is 3.90. The molecule has 0 spiro atoms. The largest absolute Gasteiger partial charge is 0.397 e. The SMILES string of the molecule is Cc1ncc(CNC(=O)c2cc(N)cn2C(C)C)s1. The van der Waals surface area contributed by atoms with Crippen LogP contribution in [-0.4, -0.2) is 15.5 Å². The number of aryl methyl sites for hydroxylation is 1. The molecule has 0 fully saturated rings. The number of nitrogen functional groups attached to an aromatic ring is 1. The molecule has 0 aromatic carbocycles. The maximum atomic E-state index is 12.2. The van der Waals surface area contributed by atoms with Gasteiger partial charge in [-0.3, -0.25) is 4.79 Å². The number of carbonyl (C=O) groups is 1. The molecular weight excluding hydrogens is 260 g/mol. The molecule has 5 nitrogen and oxygen atoms in total. The van der Waals surface area contributed by atoms with E-state index in [1.54, 1.807) is 29.8 Å². The molecule has 2 heterocycles. The first-order chi connectivity index (χ1) is 8.97. The van der Waals surface area contributed by atoms with E-state index in [0.717, 1.165) is 9.88 Å². The predicted molar refractivity (Wildman–Crippen MR) is 77.3 cm³/mol. The fraction of sp³-hybridized carbons (Fsp3) is 0.385. The summed E-state index contributed by atoms with van der Waals surface area (Å²) in [5.74, 6) is -0.114. The molecule has 1 amide bonds. The van der Waals surface area contributed by atoms with Gasteiger partial charge in [0.15, 0.2) is 0 Å². The van der Waals surface area contributed by atoms with Crippen LogP contribution >= 0.6 is 11.3 Å². The van der Waals surface area contributed by atoms with E-state index in [4.69, 9.17) is 5.73 Å². The van der Waals surface area contributed by atoms with Crippen LogP contribution in [0.4, 0.5) is 5.69 Å². The summed E-state index contributed by atoms with van der Waals surface area (Å²) in [6.07, 6.45) is 3.58. The van der Waals surface area contributed by atoms with Crippen molar-refractivity contribution in [3.63, 3.8) is 0 Å².